The Kier molecular flexibility index (Phi) is 6.71. The zero-order chi connectivity index (χ0) is 18.2. The summed E-state index contributed by atoms with van der Waals surface area (Å²) in [4.78, 5) is 37.8. The molecule has 1 aromatic carbocycles. The van der Waals surface area contributed by atoms with Gasteiger partial charge in [0, 0.05) is 32.2 Å². The first kappa shape index (κ1) is 18.7. The second kappa shape index (κ2) is 8.98. The van der Waals surface area contributed by atoms with Gasteiger partial charge in [-0.15, -0.1) is 0 Å². The molecule has 2 rings (SSSR count). The Morgan fingerprint density at radius 2 is 1.92 bits per heavy atom. The van der Waals surface area contributed by atoms with E-state index in [9.17, 15) is 14.4 Å². The van der Waals surface area contributed by atoms with Crippen LogP contribution >= 0.6 is 0 Å². The highest BCUT2D eigenvalue weighted by Crippen LogP contribution is 2.14. The van der Waals surface area contributed by atoms with Crippen molar-refractivity contribution in [2.45, 2.75) is 12.8 Å². The van der Waals surface area contributed by atoms with Crippen molar-refractivity contribution < 1.29 is 23.5 Å². The molecule has 0 aliphatic heterocycles. The number of para-hydroxylation sites is 1. The summed E-state index contributed by atoms with van der Waals surface area (Å²) in [5.41, 5.74) is -0.330. The highest BCUT2D eigenvalue weighted by molar-refractivity contribution is 5.96. The van der Waals surface area contributed by atoms with Crippen molar-refractivity contribution in [3.8, 4) is 0 Å². The van der Waals surface area contributed by atoms with Crippen LogP contribution in [0.1, 0.15) is 23.2 Å². The van der Waals surface area contributed by atoms with Crippen molar-refractivity contribution in [3.63, 3.8) is 0 Å². The number of ether oxygens (including phenoxy) is 2. The Bertz CT molecular complexity index is 797. The first-order chi connectivity index (χ1) is 12.1. The molecule has 0 saturated carbocycles. The van der Waals surface area contributed by atoms with Crippen LogP contribution < -0.4 is 5.63 Å². The first-order valence-electron chi connectivity index (χ1n) is 7.94. The molecule has 0 aliphatic rings. The minimum Gasteiger partial charge on any atom is -0.469 e. The largest absolute Gasteiger partial charge is 0.469 e. The van der Waals surface area contributed by atoms with Gasteiger partial charge in [-0.2, -0.15) is 0 Å². The molecule has 1 heterocycles. The maximum Gasteiger partial charge on any atom is 0.349 e. The molecule has 0 spiro atoms. The topological polar surface area (TPSA) is 86.0 Å². The molecule has 0 saturated heterocycles. The number of amides is 1. The van der Waals surface area contributed by atoms with E-state index in [0.29, 0.717) is 30.5 Å². The number of fused-ring (bicyclic) bond motifs is 1. The third kappa shape index (κ3) is 4.90. The van der Waals surface area contributed by atoms with E-state index in [1.165, 1.54) is 18.1 Å². The van der Waals surface area contributed by atoms with Gasteiger partial charge in [0.15, 0.2) is 0 Å². The lowest BCUT2D eigenvalue weighted by molar-refractivity contribution is -0.140. The van der Waals surface area contributed by atoms with Crippen LogP contribution in [0.15, 0.2) is 39.5 Å². The summed E-state index contributed by atoms with van der Waals surface area (Å²) in [6.07, 6.45) is 0.635. The summed E-state index contributed by atoms with van der Waals surface area (Å²) in [6, 6.07) is 8.49. The Balaban J connectivity index is 2.25. The van der Waals surface area contributed by atoms with Gasteiger partial charge in [-0.25, -0.2) is 4.79 Å². The van der Waals surface area contributed by atoms with Gasteiger partial charge in [-0.1, -0.05) is 18.2 Å². The molecule has 0 N–H and O–H groups in total. The molecular weight excluding hydrogens is 326 g/mol. The lowest BCUT2D eigenvalue weighted by Gasteiger charge is -2.21. The lowest BCUT2D eigenvalue weighted by Crippen LogP contribution is -2.37. The molecule has 0 bridgehead atoms. The predicted octanol–water partition coefficient (Wildman–Crippen LogP) is 1.83. The van der Waals surface area contributed by atoms with Crippen LogP contribution in [0.25, 0.3) is 11.0 Å². The van der Waals surface area contributed by atoms with Crippen molar-refractivity contribution in [3.05, 3.63) is 46.3 Å². The number of benzene rings is 1. The van der Waals surface area contributed by atoms with Crippen molar-refractivity contribution in [2.24, 2.45) is 0 Å². The molecule has 7 heteroatoms. The predicted molar refractivity (Wildman–Crippen MR) is 91.5 cm³/mol. The monoisotopic (exact) mass is 347 g/mol. The van der Waals surface area contributed by atoms with E-state index in [1.807, 2.05) is 0 Å². The zero-order valence-electron chi connectivity index (χ0n) is 14.3. The van der Waals surface area contributed by atoms with Crippen LogP contribution in [-0.4, -0.2) is 50.7 Å². The van der Waals surface area contributed by atoms with E-state index in [1.54, 1.807) is 31.4 Å². The maximum atomic E-state index is 12.8. The van der Waals surface area contributed by atoms with Crippen molar-refractivity contribution in [1.82, 2.24) is 4.90 Å². The van der Waals surface area contributed by atoms with E-state index in [-0.39, 0.29) is 18.5 Å². The fourth-order valence-corrected chi connectivity index (χ4v) is 2.42. The normalized spacial score (nSPS) is 10.6. The molecule has 134 valence electrons. The second-order valence-electron chi connectivity index (χ2n) is 5.45. The van der Waals surface area contributed by atoms with Crippen LogP contribution in [0.5, 0.6) is 0 Å². The van der Waals surface area contributed by atoms with E-state index in [0.717, 1.165) is 0 Å². The molecule has 0 atom stereocenters. The fraction of sp³-hybridized carbons (Fsp3) is 0.389. The Hall–Kier alpha value is -2.67. The minimum atomic E-state index is -0.696. The zero-order valence-corrected chi connectivity index (χ0v) is 14.3. The van der Waals surface area contributed by atoms with E-state index in [2.05, 4.69) is 4.74 Å². The highest BCUT2D eigenvalue weighted by Gasteiger charge is 2.21. The standard InChI is InChI=1S/C18H21NO6/c1-23-11-5-9-19(10-8-16(20)24-2)17(21)14-12-13-6-3-4-7-15(13)25-18(14)22/h3-4,6-7,12H,5,8-11H2,1-2H3. The summed E-state index contributed by atoms with van der Waals surface area (Å²) >= 11 is 0. The summed E-state index contributed by atoms with van der Waals surface area (Å²) in [6.45, 7) is 0.978. The third-order valence-electron chi connectivity index (χ3n) is 3.75. The quantitative estimate of drug-likeness (QED) is 0.411. The van der Waals surface area contributed by atoms with Crippen LogP contribution in [0.3, 0.4) is 0 Å². The number of methoxy groups -OCH3 is 2. The van der Waals surface area contributed by atoms with Gasteiger partial charge in [0.05, 0.1) is 13.5 Å². The first-order valence-corrected chi connectivity index (χ1v) is 7.94. The average Bonchev–Trinajstić information content (AvgIpc) is 2.63. The Morgan fingerprint density at radius 3 is 2.64 bits per heavy atom. The summed E-state index contributed by atoms with van der Waals surface area (Å²) < 4.78 is 14.8. The summed E-state index contributed by atoms with van der Waals surface area (Å²) in [5.74, 6) is -0.894. The number of nitrogens with zero attached hydrogens (tertiary/aromatic N) is 1. The van der Waals surface area contributed by atoms with Gasteiger partial charge in [0.1, 0.15) is 11.1 Å². The van der Waals surface area contributed by atoms with Gasteiger partial charge in [-0.05, 0) is 18.6 Å². The van der Waals surface area contributed by atoms with Gasteiger partial charge >= 0.3 is 11.6 Å². The van der Waals surface area contributed by atoms with Crippen LogP contribution in [0.2, 0.25) is 0 Å². The second-order valence-corrected chi connectivity index (χ2v) is 5.45. The molecular formula is C18H21NO6. The molecule has 0 radical (unpaired) electrons. The van der Waals surface area contributed by atoms with Crippen molar-refractivity contribution in [1.29, 1.82) is 0 Å². The molecule has 0 unspecified atom stereocenters. The van der Waals surface area contributed by atoms with E-state index >= 15 is 0 Å². The van der Waals surface area contributed by atoms with Crippen LogP contribution in [0, 0.1) is 0 Å². The third-order valence-corrected chi connectivity index (χ3v) is 3.75. The Morgan fingerprint density at radius 1 is 1.16 bits per heavy atom. The SMILES string of the molecule is COCCCN(CCC(=O)OC)C(=O)c1cc2ccccc2oc1=O. The number of carbonyl (C=O) groups excluding carboxylic acids is 2. The molecule has 0 aliphatic carbocycles. The summed E-state index contributed by atoms with van der Waals surface area (Å²) in [5, 5.41) is 0.662. The van der Waals surface area contributed by atoms with Gasteiger partial charge in [-0.3, -0.25) is 9.59 Å². The van der Waals surface area contributed by atoms with Crippen molar-refractivity contribution >= 4 is 22.8 Å². The van der Waals surface area contributed by atoms with Gasteiger partial charge in [0.25, 0.3) is 5.91 Å². The lowest BCUT2D eigenvalue weighted by atomic mass is 10.1. The highest BCUT2D eigenvalue weighted by atomic mass is 16.5. The number of hydrogen-bond donors (Lipinski definition) is 0. The number of rotatable bonds is 8. The summed E-state index contributed by atoms with van der Waals surface area (Å²) in [7, 11) is 2.86. The van der Waals surface area contributed by atoms with E-state index in [4.69, 9.17) is 9.15 Å². The van der Waals surface area contributed by atoms with Crippen molar-refractivity contribution in [2.75, 3.05) is 33.9 Å². The molecule has 0 fully saturated rings. The van der Waals surface area contributed by atoms with E-state index < -0.39 is 17.5 Å². The number of hydrogen-bond acceptors (Lipinski definition) is 6. The minimum absolute atomic E-state index is 0.0497. The smallest absolute Gasteiger partial charge is 0.349 e. The van der Waals surface area contributed by atoms with Gasteiger partial charge in [0.2, 0.25) is 0 Å². The van der Waals surface area contributed by atoms with Crippen LogP contribution in [-0.2, 0) is 14.3 Å². The van der Waals surface area contributed by atoms with Crippen LogP contribution in [0.4, 0.5) is 0 Å². The molecule has 1 aromatic heterocycles. The van der Waals surface area contributed by atoms with Gasteiger partial charge < -0.3 is 18.8 Å². The molecule has 1 amide bonds. The Labute approximate surface area is 145 Å². The number of carbonyl (C=O) groups is 2. The molecule has 25 heavy (non-hydrogen) atoms. The maximum absolute atomic E-state index is 12.8. The molecule has 2 aromatic rings. The fourth-order valence-electron chi connectivity index (χ4n) is 2.42. The average molecular weight is 347 g/mol. The molecule has 7 nitrogen and oxygen atoms in total. The number of esters is 1.